The summed E-state index contributed by atoms with van der Waals surface area (Å²) >= 11 is 1.51. The number of carbonyl (C=O) groups is 2. The minimum Gasteiger partial charge on any atom is -0.388 e. The molecule has 164 valence electrons. The molecule has 0 aliphatic carbocycles. The van der Waals surface area contributed by atoms with Gasteiger partial charge in [0.15, 0.2) is 0 Å². The van der Waals surface area contributed by atoms with Crippen LogP contribution in [-0.4, -0.2) is 34.5 Å². The normalized spacial score (nSPS) is 11.9. The van der Waals surface area contributed by atoms with E-state index >= 15 is 0 Å². The number of aromatic nitrogens is 1. The van der Waals surface area contributed by atoms with Crippen LogP contribution in [0.2, 0.25) is 0 Å². The van der Waals surface area contributed by atoms with Gasteiger partial charge in [0.1, 0.15) is 22.8 Å². The molecule has 2 aromatic carbocycles. The first-order chi connectivity index (χ1) is 14.7. The summed E-state index contributed by atoms with van der Waals surface area (Å²) in [4.78, 5) is 25.6. The Bertz CT molecular complexity index is 1070. The zero-order chi connectivity index (χ0) is 23.2. The number of rotatable bonds is 6. The number of hydrogen-bond donors (Lipinski definition) is 3. The molecule has 1 heterocycles. The lowest BCUT2D eigenvalue weighted by atomic mass is 10.1. The summed E-state index contributed by atoms with van der Waals surface area (Å²) in [7, 11) is 0.356. The fraction of sp³-hybridized carbons (Fsp3) is 0.227. The molecule has 0 radical (unpaired) electrons. The first kappa shape index (κ1) is 24.4. The molecule has 9 heteroatoms. The van der Waals surface area contributed by atoms with Crippen molar-refractivity contribution in [3.63, 3.8) is 0 Å². The minimum absolute atomic E-state index is 0.320. The van der Waals surface area contributed by atoms with E-state index in [1.165, 1.54) is 11.3 Å². The van der Waals surface area contributed by atoms with Gasteiger partial charge in [0, 0.05) is 41.2 Å². The second-order valence-corrected chi connectivity index (χ2v) is 9.77. The maximum atomic E-state index is 13.0. The molecule has 0 spiro atoms. The summed E-state index contributed by atoms with van der Waals surface area (Å²) < 4.78 is 16.1. The number of benzene rings is 2. The monoisotopic (exact) mass is 458 g/mol. The van der Waals surface area contributed by atoms with Gasteiger partial charge in [0.25, 0.3) is 0 Å². The van der Waals surface area contributed by atoms with Crippen molar-refractivity contribution < 1.29 is 13.8 Å². The number of amides is 1. The fourth-order valence-corrected chi connectivity index (χ4v) is 4.98. The molecule has 0 aliphatic rings. The smallest absolute Gasteiger partial charge is 0.248 e. The summed E-state index contributed by atoms with van der Waals surface area (Å²) in [6.07, 6.45) is 1.77. The molecule has 1 amide bonds. The Morgan fingerprint density at radius 3 is 2.32 bits per heavy atom. The van der Waals surface area contributed by atoms with Crippen LogP contribution in [0, 0.1) is 0 Å². The molecule has 0 saturated carbocycles. The van der Waals surface area contributed by atoms with Gasteiger partial charge in [-0.3, -0.25) is 4.79 Å². The van der Waals surface area contributed by atoms with E-state index in [-0.39, 0.29) is 5.54 Å². The summed E-state index contributed by atoms with van der Waals surface area (Å²) in [5, 5.41) is 3.96. The van der Waals surface area contributed by atoms with Crippen molar-refractivity contribution in [1.82, 2.24) is 9.71 Å². The van der Waals surface area contributed by atoms with Gasteiger partial charge < -0.3 is 15.8 Å². The fourth-order valence-electron chi connectivity index (χ4n) is 2.68. The van der Waals surface area contributed by atoms with Gasteiger partial charge in [-0.15, -0.1) is 11.3 Å². The number of hydrogen-bond acceptors (Lipinski definition) is 6. The zero-order valence-electron chi connectivity index (χ0n) is 17.9. The van der Waals surface area contributed by atoms with Crippen molar-refractivity contribution in [3.8, 4) is 21.0 Å². The number of nitrogens with one attached hydrogen (secondary N) is 2. The third kappa shape index (κ3) is 6.30. The standard InChI is InChI=1S/C21H24N4O2S2.CH2O/c1-21(2,3)25-29(27)18-11-14(19(22)26)7-10-16(18)17-12-24-20(28-17)13-5-8-15(23-4)9-6-13;1-2/h5-12,23,25H,1-4H3,(H2,22,26);1H2. The Kier molecular flexibility index (Phi) is 8.21. The molecule has 0 bridgehead atoms. The highest BCUT2D eigenvalue weighted by Gasteiger charge is 2.20. The van der Waals surface area contributed by atoms with Crippen molar-refractivity contribution in [2.24, 2.45) is 5.73 Å². The van der Waals surface area contributed by atoms with Gasteiger partial charge in [-0.25, -0.2) is 13.9 Å². The van der Waals surface area contributed by atoms with E-state index in [9.17, 15) is 9.00 Å². The first-order valence-corrected chi connectivity index (χ1v) is 11.3. The van der Waals surface area contributed by atoms with Crippen LogP contribution >= 0.6 is 11.3 Å². The van der Waals surface area contributed by atoms with Gasteiger partial charge in [0.2, 0.25) is 5.91 Å². The Morgan fingerprint density at radius 2 is 1.77 bits per heavy atom. The summed E-state index contributed by atoms with van der Waals surface area (Å²) in [6, 6.07) is 13.0. The molecular formula is C22H26N4O3S2. The van der Waals surface area contributed by atoms with E-state index in [2.05, 4.69) is 15.0 Å². The van der Waals surface area contributed by atoms with Crippen LogP contribution in [0.4, 0.5) is 5.69 Å². The first-order valence-electron chi connectivity index (χ1n) is 9.34. The van der Waals surface area contributed by atoms with E-state index < -0.39 is 16.9 Å². The van der Waals surface area contributed by atoms with Gasteiger partial charge >= 0.3 is 0 Å². The van der Waals surface area contributed by atoms with Crippen LogP contribution in [-0.2, 0) is 15.8 Å². The predicted octanol–water partition coefficient (Wildman–Crippen LogP) is 3.84. The van der Waals surface area contributed by atoms with Crippen LogP contribution in [0.3, 0.4) is 0 Å². The van der Waals surface area contributed by atoms with Crippen molar-refractivity contribution in [2.75, 3.05) is 12.4 Å². The second-order valence-electron chi connectivity index (χ2n) is 7.55. The number of anilines is 1. The average molecular weight is 459 g/mol. The quantitative estimate of drug-likeness (QED) is 0.519. The Hall–Kier alpha value is -2.88. The highest BCUT2D eigenvalue weighted by atomic mass is 32.2. The number of nitrogens with zero attached hydrogens (tertiary/aromatic N) is 1. The van der Waals surface area contributed by atoms with E-state index in [0.717, 1.165) is 26.7 Å². The second kappa shape index (κ2) is 10.4. The van der Waals surface area contributed by atoms with Crippen LogP contribution in [0.25, 0.3) is 21.0 Å². The molecule has 0 aliphatic heterocycles. The Balaban J connectivity index is 0.00000166. The lowest BCUT2D eigenvalue weighted by molar-refractivity contribution is -0.0980. The lowest BCUT2D eigenvalue weighted by Crippen LogP contribution is -2.37. The highest BCUT2D eigenvalue weighted by molar-refractivity contribution is 7.83. The van der Waals surface area contributed by atoms with Crippen LogP contribution in [0.5, 0.6) is 0 Å². The Morgan fingerprint density at radius 1 is 1.13 bits per heavy atom. The van der Waals surface area contributed by atoms with Crippen molar-refractivity contribution >= 4 is 40.7 Å². The van der Waals surface area contributed by atoms with Crippen LogP contribution in [0.1, 0.15) is 31.1 Å². The molecule has 0 fully saturated rings. The largest absolute Gasteiger partial charge is 0.388 e. The molecule has 1 unspecified atom stereocenters. The zero-order valence-corrected chi connectivity index (χ0v) is 19.5. The molecule has 1 aromatic heterocycles. The topological polar surface area (TPSA) is 114 Å². The summed E-state index contributed by atoms with van der Waals surface area (Å²) in [5.41, 5.74) is 8.18. The molecule has 3 rings (SSSR count). The number of nitrogens with two attached hydrogens (primary N) is 1. The lowest BCUT2D eigenvalue weighted by Gasteiger charge is -2.20. The molecule has 4 N–H and O–H groups in total. The van der Waals surface area contributed by atoms with Crippen LogP contribution < -0.4 is 15.8 Å². The molecule has 0 saturated heterocycles. The van der Waals surface area contributed by atoms with E-state index in [0.29, 0.717) is 10.5 Å². The van der Waals surface area contributed by atoms with E-state index in [4.69, 9.17) is 10.5 Å². The molecule has 1 atom stereocenters. The van der Waals surface area contributed by atoms with Gasteiger partial charge in [-0.1, -0.05) is 6.07 Å². The Labute approximate surface area is 188 Å². The van der Waals surface area contributed by atoms with Crippen molar-refractivity contribution in [3.05, 3.63) is 54.2 Å². The molecular weight excluding hydrogens is 432 g/mol. The SMILES string of the molecule is C=O.CNc1ccc(-c2ncc(-c3ccc(C(N)=O)cc3S(=O)NC(C)(C)C)s2)cc1. The average Bonchev–Trinajstić information content (AvgIpc) is 3.23. The maximum Gasteiger partial charge on any atom is 0.248 e. The summed E-state index contributed by atoms with van der Waals surface area (Å²) in [5.74, 6) is -0.555. The number of primary amides is 1. The predicted molar refractivity (Wildman–Crippen MR) is 127 cm³/mol. The van der Waals surface area contributed by atoms with E-state index in [1.807, 2.05) is 58.9 Å². The molecule has 3 aromatic rings. The molecule has 31 heavy (non-hydrogen) atoms. The van der Waals surface area contributed by atoms with Gasteiger partial charge in [-0.2, -0.15) is 0 Å². The molecule has 7 nitrogen and oxygen atoms in total. The third-order valence-electron chi connectivity index (χ3n) is 4.06. The summed E-state index contributed by atoms with van der Waals surface area (Å²) in [6.45, 7) is 7.80. The third-order valence-corrected chi connectivity index (χ3v) is 6.67. The van der Waals surface area contributed by atoms with Gasteiger partial charge in [0.05, 0.1) is 9.77 Å². The van der Waals surface area contributed by atoms with Crippen molar-refractivity contribution in [1.29, 1.82) is 0 Å². The number of carbonyl (C=O) groups excluding carboxylic acids is 2. The maximum absolute atomic E-state index is 13.0. The van der Waals surface area contributed by atoms with Crippen LogP contribution in [0.15, 0.2) is 53.6 Å². The van der Waals surface area contributed by atoms with E-state index in [1.54, 1.807) is 24.4 Å². The van der Waals surface area contributed by atoms with Gasteiger partial charge in [-0.05, 0) is 57.2 Å². The number of thiazole rings is 1. The van der Waals surface area contributed by atoms with Crippen molar-refractivity contribution in [2.45, 2.75) is 31.2 Å². The highest BCUT2D eigenvalue weighted by Crippen LogP contribution is 2.35. The minimum atomic E-state index is -1.52.